The van der Waals surface area contributed by atoms with Crippen molar-refractivity contribution in [2.24, 2.45) is 0 Å². The van der Waals surface area contributed by atoms with E-state index >= 15 is 0 Å². The van der Waals surface area contributed by atoms with Gasteiger partial charge < -0.3 is 19.9 Å². The number of fused-ring (bicyclic) bond motifs is 1. The van der Waals surface area contributed by atoms with Crippen LogP contribution in [0.15, 0.2) is 24.3 Å². The zero-order valence-electron chi connectivity index (χ0n) is 10.6. The Hall–Kier alpha value is -1.85. The summed E-state index contributed by atoms with van der Waals surface area (Å²) >= 11 is 11.9. The van der Waals surface area contributed by atoms with Crippen LogP contribution in [-0.2, 0) is 6.54 Å². The Bertz CT molecular complexity index is 686. The van der Waals surface area contributed by atoms with E-state index in [1.165, 1.54) is 6.07 Å². The van der Waals surface area contributed by atoms with E-state index in [0.29, 0.717) is 22.7 Å². The highest BCUT2D eigenvalue weighted by Gasteiger charge is 2.17. The molecular formula is C14H10Cl2FNO3. The van der Waals surface area contributed by atoms with Crippen molar-refractivity contribution < 1.29 is 19.0 Å². The Morgan fingerprint density at radius 1 is 1.10 bits per heavy atom. The molecule has 1 aliphatic rings. The molecule has 2 aromatic carbocycles. The van der Waals surface area contributed by atoms with Crippen LogP contribution < -0.4 is 14.8 Å². The summed E-state index contributed by atoms with van der Waals surface area (Å²) in [5.74, 6) is 0.595. The van der Waals surface area contributed by atoms with Crippen molar-refractivity contribution in [1.82, 2.24) is 0 Å². The molecule has 1 aliphatic heterocycles. The van der Waals surface area contributed by atoms with Gasteiger partial charge in [0.05, 0.1) is 15.7 Å². The van der Waals surface area contributed by atoms with Gasteiger partial charge in [-0.2, -0.15) is 0 Å². The number of hydrogen-bond donors (Lipinski definition) is 2. The number of rotatable bonds is 3. The van der Waals surface area contributed by atoms with Crippen LogP contribution >= 0.6 is 23.2 Å². The molecule has 0 atom stereocenters. The number of halogens is 3. The SMILES string of the molecule is Oc1cc2c(cc1CNc1c(Cl)cc(F)cc1Cl)OCO2. The number of aromatic hydroxyl groups is 1. The van der Waals surface area contributed by atoms with Gasteiger partial charge in [0.25, 0.3) is 0 Å². The van der Waals surface area contributed by atoms with E-state index in [-0.39, 0.29) is 29.1 Å². The minimum Gasteiger partial charge on any atom is -0.507 e. The molecule has 21 heavy (non-hydrogen) atoms. The summed E-state index contributed by atoms with van der Waals surface area (Å²) in [5, 5.41) is 13.2. The molecule has 2 aromatic rings. The van der Waals surface area contributed by atoms with Crippen LogP contribution in [-0.4, -0.2) is 11.9 Å². The van der Waals surface area contributed by atoms with Crippen LogP contribution in [0.3, 0.4) is 0 Å². The molecule has 0 amide bonds. The Labute approximate surface area is 130 Å². The van der Waals surface area contributed by atoms with Gasteiger partial charge in [0, 0.05) is 18.2 Å². The third kappa shape index (κ3) is 2.80. The van der Waals surface area contributed by atoms with Gasteiger partial charge in [0.1, 0.15) is 11.6 Å². The summed E-state index contributed by atoms with van der Waals surface area (Å²) in [5.41, 5.74) is 0.979. The second-order valence-corrected chi connectivity index (χ2v) is 5.25. The second kappa shape index (κ2) is 5.50. The number of nitrogens with one attached hydrogen (secondary N) is 1. The van der Waals surface area contributed by atoms with Crippen molar-refractivity contribution in [3.8, 4) is 17.2 Å². The van der Waals surface area contributed by atoms with Crippen molar-refractivity contribution in [3.63, 3.8) is 0 Å². The molecule has 0 radical (unpaired) electrons. The van der Waals surface area contributed by atoms with Gasteiger partial charge in [-0.05, 0) is 18.2 Å². The van der Waals surface area contributed by atoms with Crippen molar-refractivity contribution >= 4 is 28.9 Å². The van der Waals surface area contributed by atoms with Gasteiger partial charge in [-0.3, -0.25) is 0 Å². The van der Waals surface area contributed by atoms with Crippen molar-refractivity contribution in [1.29, 1.82) is 0 Å². The number of hydrogen-bond acceptors (Lipinski definition) is 4. The van der Waals surface area contributed by atoms with E-state index in [2.05, 4.69) is 5.32 Å². The van der Waals surface area contributed by atoms with E-state index in [1.807, 2.05) is 0 Å². The molecule has 1 heterocycles. The lowest BCUT2D eigenvalue weighted by Gasteiger charge is -2.12. The Morgan fingerprint density at radius 3 is 2.38 bits per heavy atom. The number of benzene rings is 2. The first-order chi connectivity index (χ1) is 10.0. The predicted octanol–water partition coefficient (Wildman–Crippen LogP) is 4.18. The third-order valence-electron chi connectivity index (χ3n) is 3.04. The molecule has 0 spiro atoms. The van der Waals surface area contributed by atoms with Gasteiger partial charge in [-0.15, -0.1) is 0 Å². The molecule has 0 bridgehead atoms. The molecule has 2 N–H and O–H groups in total. The number of ether oxygens (including phenoxy) is 2. The average molecular weight is 330 g/mol. The largest absolute Gasteiger partial charge is 0.507 e. The highest BCUT2D eigenvalue weighted by atomic mass is 35.5. The fourth-order valence-corrected chi connectivity index (χ4v) is 2.60. The highest BCUT2D eigenvalue weighted by Crippen LogP contribution is 2.38. The molecule has 0 aromatic heterocycles. The van der Waals surface area contributed by atoms with Crippen LogP contribution in [0.1, 0.15) is 5.56 Å². The molecule has 7 heteroatoms. The van der Waals surface area contributed by atoms with Crippen LogP contribution in [0.5, 0.6) is 17.2 Å². The van der Waals surface area contributed by atoms with Crippen LogP contribution in [0.25, 0.3) is 0 Å². The Kier molecular flexibility index (Phi) is 3.69. The maximum absolute atomic E-state index is 13.1. The van der Waals surface area contributed by atoms with Crippen LogP contribution in [0.2, 0.25) is 10.0 Å². The number of phenols is 1. The van der Waals surface area contributed by atoms with E-state index in [1.54, 1.807) is 6.07 Å². The standard InChI is InChI=1S/C14H10Cl2FNO3/c15-9-2-8(17)3-10(16)14(9)18-5-7-1-12-13(4-11(7)19)21-6-20-12/h1-4,18-19H,5-6H2. The first-order valence-corrected chi connectivity index (χ1v) is 6.80. The molecular weight excluding hydrogens is 320 g/mol. The van der Waals surface area contributed by atoms with E-state index in [4.69, 9.17) is 32.7 Å². The number of anilines is 1. The van der Waals surface area contributed by atoms with Gasteiger partial charge in [0.15, 0.2) is 11.5 Å². The molecule has 3 rings (SSSR count). The molecule has 0 fully saturated rings. The third-order valence-corrected chi connectivity index (χ3v) is 3.63. The summed E-state index contributed by atoms with van der Waals surface area (Å²) < 4.78 is 23.5. The van der Waals surface area contributed by atoms with E-state index in [9.17, 15) is 9.50 Å². The lowest BCUT2D eigenvalue weighted by Crippen LogP contribution is -2.01. The van der Waals surface area contributed by atoms with Crippen molar-refractivity contribution in [2.75, 3.05) is 12.1 Å². The Morgan fingerprint density at radius 2 is 1.71 bits per heavy atom. The zero-order chi connectivity index (χ0) is 15.0. The fourth-order valence-electron chi connectivity index (χ4n) is 2.01. The molecule has 0 aliphatic carbocycles. The van der Waals surface area contributed by atoms with Crippen LogP contribution in [0.4, 0.5) is 10.1 Å². The summed E-state index contributed by atoms with van der Waals surface area (Å²) in [6.07, 6.45) is 0. The minimum atomic E-state index is -0.513. The van der Waals surface area contributed by atoms with Gasteiger partial charge in [-0.25, -0.2) is 4.39 Å². The molecule has 4 nitrogen and oxygen atoms in total. The normalized spacial score (nSPS) is 12.5. The topological polar surface area (TPSA) is 50.7 Å². The summed E-state index contributed by atoms with van der Waals surface area (Å²) in [4.78, 5) is 0. The average Bonchev–Trinajstić information content (AvgIpc) is 2.84. The van der Waals surface area contributed by atoms with Gasteiger partial charge in [-0.1, -0.05) is 23.2 Å². The quantitative estimate of drug-likeness (QED) is 0.886. The highest BCUT2D eigenvalue weighted by molar-refractivity contribution is 6.39. The first kappa shape index (κ1) is 14.1. The first-order valence-electron chi connectivity index (χ1n) is 6.04. The monoisotopic (exact) mass is 329 g/mol. The molecule has 0 saturated heterocycles. The maximum Gasteiger partial charge on any atom is 0.231 e. The van der Waals surface area contributed by atoms with Crippen LogP contribution in [0, 0.1) is 5.82 Å². The van der Waals surface area contributed by atoms with E-state index < -0.39 is 5.82 Å². The zero-order valence-corrected chi connectivity index (χ0v) is 12.1. The molecule has 110 valence electrons. The van der Waals surface area contributed by atoms with Gasteiger partial charge in [0.2, 0.25) is 6.79 Å². The Balaban J connectivity index is 1.83. The second-order valence-electron chi connectivity index (χ2n) is 4.43. The molecule has 0 unspecified atom stereocenters. The fraction of sp³-hybridized carbons (Fsp3) is 0.143. The van der Waals surface area contributed by atoms with Gasteiger partial charge >= 0.3 is 0 Å². The summed E-state index contributed by atoms with van der Waals surface area (Å²) in [6, 6.07) is 5.47. The van der Waals surface area contributed by atoms with Crippen molar-refractivity contribution in [2.45, 2.75) is 6.54 Å². The summed E-state index contributed by atoms with van der Waals surface area (Å²) in [6.45, 7) is 0.370. The van der Waals surface area contributed by atoms with E-state index in [0.717, 1.165) is 12.1 Å². The molecule has 0 saturated carbocycles. The maximum atomic E-state index is 13.1. The minimum absolute atomic E-state index is 0.0566. The lowest BCUT2D eigenvalue weighted by atomic mass is 10.1. The number of phenolic OH excluding ortho intramolecular Hbond substituents is 1. The lowest BCUT2D eigenvalue weighted by molar-refractivity contribution is 0.174. The van der Waals surface area contributed by atoms with Crippen molar-refractivity contribution in [3.05, 3.63) is 45.7 Å². The smallest absolute Gasteiger partial charge is 0.231 e. The predicted molar refractivity (Wildman–Crippen MR) is 78.0 cm³/mol. The summed E-state index contributed by atoms with van der Waals surface area (Å²) in [7, 11) is 0.